The smallest absolute Gasteiger partial charge is 0.302 e. The fourth-order valence-corrected chi connectivity index (χ4v) is 3.96. The van der Waals surface area contributed by atoms with Crippen LogP contribution < -0.4 is 5.32 Å². The number of nitrogens with one attached hydrogen (secondary N) is 1. The van der Waals surface area contributed by atoms with Gasteiger partial charge in [-0.15, -0.1) is 0 Å². The highest BCUT2D eigenvalue weighted by Crippen LogP contribution is 2.34. The van der Waals surface area contributed by atoms with Crippen LogP contribution in [-0.4, -0.2) is 41.1 Å². The van der Waals surface area contributed by atoms with E-state index in [1.165, 1.54) is 6.07 Å². The predicted octanol–water partition coefficient (Wildman–Crippen LogP) is 4.99. The number of alkyl halides is 4. The van der Waals surface area contributed by atoms with Gasteiger partial charge in [-0.25, -0.2) is 13.8 Å². The summed E-state index contributed by atoms with van der Waals surface area (Å²) in [6, 6.07) is 11.4. The van der Waals surface area contributed by atoms with E-state index in [9.17, 15) is 22.4 Å². The number of rotatable bonds is 6. The molecule has 5 nitrogen and oxygen atoms in total. The van der Waals surface area contributed by atoms with Gasteiger partial charge in [-0.2, -0.15) is 8.78 Å². The summed E-state index contributed by atoms with van der Waals surface area (Å²) in [6.07, 6.45) is -1.05. The Morgan fingerprint density at radius 1 is 1.25 bits per heavy atom. The van der Waals surface area contributed by atoms with Crippen molar-refractivity contribution >= 4 is 16.9 Å². The molecule has 1 saturated heterocycles. The number of nitrogens with zero attached hydrogens (tertiary/aromatic N) is 2. The van der Waals surface area contributed by atoms with Crippen molar-refractivity contribution in [2.75, 3.05) is 13.2 Å². The number of para-hydroxylation sites is 1. The van der Waals surface area contributed by atoms with Gasteiger partial charge in [0.15, 0.2) is 5.82 Å². The van der Waals surface area contributed by atoms with Gasteiger partial charge >= 0.3 is 5.92 Å². The summed E-state index contributed by atoms with van der Waals surface area (Å²) in [7, 11) is 0. The molecule has 0 radical (unpaired) electrons. The van der Waals surface area contributed by atoms with Crippen LogP contribution in [0.15, 0.2) is 42.5 Å². The number of carbonyl (C=O) groups is 1. The molecule has 1 amide bonds. The molecule has 0 aliphatic carbocycles. The summed E-state index contributed by atoms with van der Waals surface area (Å²) in [5.41, 5.74) is 2.03. The highest BCUT2D eigenvalue weighted by Gasteiger charge is 2.33. The molecule has 1 aliphatic rings. The Labute approximate surface area is 182 Å². The number of aromatic nitrogens is 2. The Morgan fingerprint density at radius 2 is 2.00 bits per heavy atom. The van der Waals surface area contributed by atoms with Gasteiger partial charge in [0.1, 0.15) is 0 Å². The van der Waals surface area contributed by atoms with E-state index < -0.39 is 24.7 Å². The van der Waals surface area contributed by atoms with Gasteiger partial charge in [0.05, 0.1) is 30.2 Å². The van der Waals surface area contributed by atoms with E-state index in [4.69, 9.17) is 4.74 Å². The first-order valence-electron chi connectivity index (χ1n) is 10.4. The fraction of sp³-hybridized carbons (Fsp3) is 0.391. The van der Waals surface area contributed by atoms with E-state index in [0.717, 1.165) is 17.4 Å². The minimum Gasteiger partial charge on any atom is -0.379 e. The second-order valence-corrected chi connectivity index (χ2v) is 7.96. The SMILES string of the molecule is CC(F)(F)c1nc2c(-c3ccc(C(=O)N[C@H]4CCCOC4)cc3)cccc2n1CC(F)F. The lowest BCUT2D eigenvalue weighted by Crippen LogP contribution is -2.40. The Kier molecular flexibility index (Phi) is 6.19. The van der Waals surface area contributed by atoms with Crippen molar-refractivity contribution in [3.8, 4) is 11.1 Å². The summed E-state index contributed by atoms with van der Waals surface area (Å²) in [4.78, 5) is 16.5. The number of halogens is 4. The summed E-state index contributed by atoms with van der Waals surface area (Å²) in [6.45, 7) is 0.951. The second kappa shape index (κ2) is 8.90. The van der Waals surface area contributed by atoms with Crippen molar-refractivity contribution in [2.24, 2.45) is 0 Å². The quantitative estimate of drug-likeness (QED) is 0.540. The van der Waals surface area contributed by atoms with Gasteiger partial charge in [-0.05, 0) is 36.6 Å². The topological polar surface area (TPSA) is 56.1 Å². The molecular weight excluding hydrogens is 426 g/mol. The lowest BCUT2D eigenvalue weighted by Gasteiger charge is -2.23. The molecule has 3 aromatic rings. The molecular formula is C23H23F4N3O2. The first-order chi connectivity index (χ1) is 15.2. The third kappa shape index (κ3) is 4.62. The number of hydrogen-bond acceptors (Lipinski definition) is 3. The van der Waals surface area contributed by atoms with E-state index in [-0.39, 0.29) is 23.0 Å². The largest absolute Gasteiger partial charge is 0.379 e. The van der Waals surface area contributed by atoms with Crippen LogP contribution >= 0.6 is 0 Å². The van der Waals surface area contributed by atoms with E-state index in [0.29, 0.717) is 36.8 Å². The normalized spacial score (nSPS) is 17.1. The number of benzene rings is 2. The van der Waals surface area contributed by atoms with Crippen molar-refractivity contribution in [2.45, 2.75) is 44.7 Å². The number of fused-ring (bicyclic) bond motifs is 1. The number of imidazole rings is 1. The molecule has 0 spiro atoms. The molecule has 170 valence electrons. The Hall–Kier alpha value is -2.94. The maximum Gasteiger partial charge on any atom is 0.302 e. The van der Waals surface area contributed by atoms with Crippen molar-refractivity contribution in [1.82, 2.24) is 14.9 Å². The van der Waals surface area contributed by atoms with Gasteiger partial charge in [0.2, 0.25) is 0 Å². The average Bonchev–Trinajstić information content (AvgIpc) is 3.13. The summed E-state index contributed by atoms with van der Waals surface area (Å²) in [5, 5.41) is 2.94. The van der Waals surface area contributed by atoms with Gasteiger partial charge in [-0.1, -0.05) is 24.3 Å². The molecule has 9 heteroatoms. The molecule has 1 fully saturated rings. The average molecular weight is 449 g/mol. The van der Waals surface area contributed by atoms with Crippen LogP contribution in [0.2, 0.25) is 0 Å². The van der Waals surface area contributed by atoms with Crippen LogP contribution in [-0.2, 0) is 17.2 Å². The van der Waals surface area contributed by atoms with Crippen molar-refractivity contribution in [3.63, 3.8) is 0 Å². The summed E-state index contributed by atoms with van der Waals surface area (Å²) >= 11 is 0. The van der Waals surface area contributed by atoms with Crippen LogP contribution in [0.5, 0.6) is 0 Å². The molecule has 1 atom stereocenters. The summed E-state index contributed by atoms with van der Waals surface area (Å²) < 4.78 is 60.6. The van der Waals surface area contributed by atoms with E-state index in [1.807, 2.05) is 0 Å². The van der Waals surface area contributed by atoms with Crippen molar-refractivity contribution in [1.29, 1.82) is 0 Å². The van der Waals surface area contributed by atoms with Crippen LogP contribution in [0.1, 0.15) is 35.9 Å². The van der Waals surface area contributed by atoms with E-state index in [1.54, 1.807) is 36.4 Å². The predicted molar refractivity (Wildman–Crippen MR) is 112 cm³/mol. The molecule has 1 aliphatic heterocycles. The maximum atomic E-state index is 14.1. The molecule has 0 unspecified atom stereocenters. The van der Waals surface area contributed by atoms with Gasteiger partial charge in [0.25, 0.3) is 12.3 Å². The third-order valence-corrected chi connectivity index (χ3v) is 5.45. The highest BCUT2D eigenvalue weighted by molar-refractivity contribution is 5.96. The van der Waals surface area contributed by atoms with E-state index >= 15 is 0 Å². The van der Waals surface area contributed by atoms with Gasteiger partial charge in [-0.3, -0.25) is 4.79 Å². The third-order valence-electron chi connectivity index (χ3n) is 5.45. The second-order valence-electron chi connectivity index (χ2n) is 7.96. The first-order valence-corrected chi connectivity index (χ1v) is 10.4. The lowest BCUT2D eigenvalue weighted by molar-refractivity contribution is 0.00166. The molecule has 1 N–H and O–H groups in total. The molecule has 1 aromatic heterocycles. The number of carbonyl (C=O) groups excluding carboxylic acids is 1. The van der Waals surface area contributed by atoms with Crippen molar-refractivity contribution < 1.29 is 27.1 Å². The van der Waals surface area contributed by atoms with E-state index in [2.05, 4.69) is 10.3 Å². The van der Waals surface area contributed by atoms with Crippen LogP contribution in [0, 0.1) is 0 Å². The number of hydrogen-bond donors (Lipinski definition) is 1. The van der Waals surface area contributed by atoms with Gasteiger partial charge in [0, 0.05) is 24.7 Å². The number of amides is 1. The molecule has 0 saturated carbocycles. The van der Waals surface area contributed by atoms with Gasteiger partial charge < -0.3 is 14.6 Å². The molecule has 4 rings (SSSR count). The Bertz CT molecular complexity index is 1100. The zero-order valence-corrected chi connectivity index (χ0v) is 17.5. The standard InChI is InChI=1S/C23H23F4N3O2/c1-23(26,27)22-29-20-17(5-2-6-18(20)30(22)12-19(24)25)14-7-9-15(10-8-14)21(31)28-16-4-3-11-32-13-16/h2,5-10,16,19H,3-4,11-13H2,1H3,(H,28,31)/t16-/m0/s1. The fourth-order valence-electron chi connectivity index (χ4n) is 3.96. The molecule has 2 heterocycles. The van der Waals surface area contributed by atoms with Crippen LogP contribution in [0.3, 0.4) is 0 Å². The monoisotopic (exact) mass is 449 g/mol. The number of ether oxygens (including phenoxy) is 1. The minimum absolute atomic E-state index is 0.0300. The summed E-state index contributed by atoms with van der Waals surface area (Å²) in [5.74, 6) is -4.30. The minimum atomic E-state index is -3.38. The maximum absolute atomic E-state index is 14.1. The molecule has 32 heavy (non-hydrogen) atoms. The first kappa shape index (κ1) is 22.3. The Balaban J connectivity index is 1.66. The highest BCUT2D eigenvalue weighted by atomic mass is 19.3. The van der Waals surface area contributed by atoms with Crippen LogP contribution in [0.4, 0.5) is 17.6 Å². The Morgan fingerprint density at radius 3 is 2.62 bits per heavy atom. The molecule has 0 bridgehead atoms. The zero-order valence-electron chi connectivity index (χ0n) is 17.5. The van der Waals surface area contributed by atoms with Crippen molar-refractivity contribution in [3.05, 3.63) is 53.9 Å². The zero-order chi connectivity index (χ0) is 22.9. The molecule has 2 aromatic carbocycles. The van der Waals surface area contributed by atoms with Crippen LogP contribution in [0.25, 0.3) is 22.2 Å². The lowest BCUT2D eigenvalue weighted by atomic mass is 10.0.